The Balaban J connectivity index is 3.19. The van der Waals surface area contributed by atoms with E-state index >= 15 is 0 Å². The molecule has 7 heteroatoms. The van der Waals surface area contributed by atoms with Crippen LogP contribution in [0.3, 0.4) is 0 Å². The molecule has 1 aromatic heterocycles. The third kappa shape index (κ3) is 1.63. The zero-order valence-corrected chi connectivity index (χ0v) is 7.09. The Labute approximate surface area is 73.1 Å². The minimum atomic E-state index is -1.22. The van der Waals surface area contributed by atoms with Gasteiger partial charge < -0.3 is 9.94 Å². The summed E-state index contributed by atoms with van der Waals surface area (Å²) in [6, 6.07) is 0. The SMILES string of the molecule is CO[N+](=O)c1nn(C)cc1C(=O)O. The minimum absolute atomic E-state index is 0.0451. The van der Waals surface area contributed by atoms with Gasteiger partial charge in [0.25, 0.3) is 0 Å². The van der Waals surface area contributed by atoms with Gasteiger partial charge in [0, 0.05) is 0 Å². The molecule has 0 aromatic carbocycles. The molecule has 0 unspecified atom stereocenters. The van der Waals surface area contributed by atoms with E-state index in [0.717, 1.165) is 7.11 Å². The molecule has 0 atom stereocenters. The molecule has 0 amide bonds. The van der Waals surface area contributed by atoms with Crippen LogP contribution in [0.2, 0.25) is 0 Å². The fraction of sp³-hybridized carbons (Fsp3) is 0.333. The van der Waals surface area contributed by atoms with E-state index in [1.54, 1.807) is 0 Å². The first-order valence-electron chi connectivity index (χ1n) is 3.34. The number of carboxylic acid groups (broad SMARTS) is 1. The molecule has 0 aliphatic carbocycles. The van der Waals surface area contributed by atoms with Gasteiger partial charge in [-0.1, -0.05) is 0 Å². The summed E-state index contributed by atoms with van der Waals surface area (Å²) in [4.78, 5) is 25.8. The number of carboxylic acids is 1. The minimum Gasteiger partial charge on any atom is -0.477 e. The zero-order chi connectivity index (χ0) is 10.0. The van der Waals surface area contributed by atoms with E-state index in [1.807, 2.05) is 0 Å². The number of nitrogens with zero attached hydrogens (tertiary/aromatic N) is 3. The number of hydrogen-bond donors (Lipinski definition) is 1. The lowest BCUT2D eigenvalue weighted by Gasteiger charge is -1.87. The molecule has 0 radical (unpaired) electrons. The first kappa shape index (κ1) is 9.17. The third-order valence-corrected chi connectivity index (χ3v) is 1.38. The lowest BCUT2D eigenvalue weighted by molar-refractivity contribution is -0.739. The average Bonchev–Trinajstić information content (AvgIpc) is 2.46. The maximum Gasteiger partial charge on any atom is 0.448 e. The second kappa shape index (κ2) is 3.21. The predicted molar refractivity (Wildman–Crippen MR) is 40.5 cm³/mol. The normalized spacial score (nSPS) is 9.69. The van der Waals surface area contributed by atoms with E-state index in [-0.39, 0.29) is 16.3 Å². The second-order valence-electron chi connectivity index (χ2n) is 2.28. The molecule has 0 saturated heterocycles. The topological polar surface area (TPSA) is 84.4 Å². The molecule has 0 spiro atoms. The van der Waals surface area contributed by atoms with Crippen LogP contribution in [0.1, 0.15) is 10.4 Å². The Bertz CT molecular complexity index is 357. The Morgan fingerprint density at radius 2 is 2.38 bits per heavy atom. The number of aryl methyl sites for hydroxylation is 1. The first-order valence-corrected chi connectivity index (χ1v) is 3.34. The summed E-state index contributed by atoms with van der Waals surface area (Å²) in [6.07, 6.45) is 1.22. The van der Waals surface area contributed by atoms with Gasteiger partial charge in [0.05, 0.1) is 18.3 Å². The highest BCUT2D eigenvalue weighted by Gasteiger charge is 2.29. The van der Waals surface area contributed by atoms with Crippen LogP contribution in [-0.4, -0.2) is 32.9 Å². The van der Waals surface area contributed by atoms with Gasteiger partial charge >= 0.3 is 11.8 Å². The van der Waals surface area contributed by atoms with E-state index < -0.39 is 5.97 Å². The van der Waals surface area contributed by atoms with Gasteiger partial charge in [-0.15, -0.1) is 0 Å². The number of aromatic carboxylic acids is 1. The van der Waals surface area contributed by atoms with E-state index in [2.05, 4.69) is 9.94 Å². The lowest BCUT2D eigenvalue weighted by atomic mass is 10.3. The van der Waals surface area contributed by atoms with Crippen molar-refractivity contribution in [2.45, 2.75) is 0 Å². The molecule has 0 saturated carbocycles. The van der Waals surface area contributed by atoms with Crippen LogP contribution in [0.25, 0.3) is 0 Å². The van der Waals surface area contributed by atoms with Gasteiger partial charge in [-0.2, -0.15) is 4.68 Å². The van der Waals surface area contributed by atoms with E-state index in [0.29, 0.717) is 0 Å². The van der Waals surface area contributed by atoms with Crippen molar-refractivity contribution in [1.29, 1.82) is 0 Å². The van der Waals surface area contributed by atoms with Crippen LogP contribution in [-0.2, 0) is 11.9 Å². The quantitative estimate of drug-likeness (QED) is 0.676. The largest absolute Gasteiger partial charge is 0.477 e. The van der Waals surface area contributed by atoms with Crippen LogP contribution < -0.4 is 0 Å². The first-order chi connectivity index (χ1) is 6.06. The Hall–Kier alpha value is -1.92. The number of carbonyl (C=O) groups is 1. The summed E-state index contributed by atoms with van der Waals surface area (Å²) in [7, 11) is 2.65. The highest BCUT2D eigenvalue weighted by Crippen LogP contribution is 2.15. The van der Waals surface area contributed by atoms with Crippen LogP contribution in [0.5, 0.6) is 0 Å². The maximum absolute atomic E-state index is 10.9. The molecule has 0 bridgehead atoms. The van der Waals surface area contributed by atoms with Gasteiger partial charge in [0.2, 0.25) is 0 Å². The molecule has 0 aliphatic heterocycles. The van der Waals surface area contributed by atoms with E-state index in [9.17, 15) is 9.70 Å². The maximum atomic E-state index is 10.9. The predicted octanol–water partition coefficient (Wildman–Crippen LogP) is 0.0901. The average molecular weight is 186 g/mol. The van der Waals surface area contributed by atoms with E-state index in [1.165, 1.54) is 17.9 Å². The van der Waals surface area contributed by atoms with E-state index in [4.69, 9.17) is 5.11 Å². The summed E-state index contributed by atoms with van der Waals surface area (Å²) in [5.41, 5.74) is -0.195. The van der Waals surface area contributed by atoms with Gasteiger partial charge in [-0.25, -0.2) is 4.79 Å². The van der Waals surface area contributed by atoms with Gasteiger partial charge in [-0.05, 0) is 4.91 Å². The Morgan fingerprint density at radius 3 is 2.85 bits per heavy atom. The molecule has 1 N–H and O–H groups in total. The standard InChI is InChI=1S/C6H7N3O4/c1-8-3-4(6(10)11)5(7-8)9(12)13-2/h3H,1-2H3/p+1. The molecule has 70 valence electrons. The molecule has 7 nitrogen and oxygen atoms in total. The molecule has 1 aromatic rings. The van der Waals surface area contributed by atoms with Crippen LogP contribution in [0.15, 0.2) is 6.20 Å². The van der Waals surface area contributed by atoms with Gasteiger partial charge in [-0.3, -0.25) is 0 Å². The molecule has 1 heterocycles. The Morgan fingerprint density at radius 1 is 1.77 bits per heavy atom. The van der Waals surface area contributed by atoms with Crippen molar-refractivity contribution in [2.24, 2.45) is 7.05 Å². The van der Waals surface area contributed by atoms with Crippen LogP contribution >= 0.6 is 0 Å². The molecular formula is C6H8N3O4+. The molecule has 1 rings (SSSR count). The molecule has 13 heavy (non-hydrogen) atoms. The molecule has 0 fully saturated rings. The van der Waals surface area contributed by atoms with Crippen LogP contribution in [0.4, 0.5) is 5.82 Å². The summed E-state index contributed by atoms with van der Waals surface area (Å²) in [5.74, 6) is -1.49. The monoisotopic (exact) mass is 186 g/mol. The van der Waals surface area contributed by atoms with Crippen molar-refractivity contribution in [1.82, 2.24) is 9.78 Å². The zero-order valence-electron chi connectivity index (χ0n) is 7.09. The summed E-state index contributed by atoms with van der Waals surface area (Å²) in [6.45, 7) is 0. The van der Waals surface area contributed by atoms with Crippen molar-refractivity contribution in [3.63, 3.8) is 0 Å². The van der Waals surface area contributed by atoms with Crippen molar-refractivity contribution in [3.05, 3.63) is 16.7 Å². The third-order valence-electron chi connectivity index (χ3n) is 1.38. The smallest absolute Gasteiger partial charge is 0.448 e. The number of hydrogen-bond acceptors (Lipinski definition) is 4. The van der Waals surface area contributed by atoms with Gasteiger partial charge in [0.1, 0.15) is 7.11 Å². The van der Waals surface area contributed by atoms with Crippen molar-refractivity contribution in [3.8, 4) is 0 Å². The van der Waals surface area contributed by atoms with Crippen LogP contribution in [0, 0.1) is 4.91 Å². The highest BCUT2D eigenvalue weighted by atomic mass is 16.8. The molecular weight excluding hydrogens is 178 g/mol. The number of aromatic nitrogens is 2. The highest BCUT2D eigenvalue weighted by molar-refractivity contribution is 5.91. The second-order valence-corrected chi connectivity index (χ2v) is 2.28. The van der Waals surface area contributed by atoms with Crippen molar-refractivity contribution in [2.75, 3.05) is 7.11 Å². The summed E-state index contributed by atoms with van der Waals surface area (Å²) < 4.78 is 1.22. The van der Waals surface area contributed by atoms with Crippen molar-refractivity contribution >= 4 is 11.8 Å². The number of rotatable bonds is 3. The van der Waals surface area contributed by atoms with Gasteiger partial charge in [0.15, 0.2) is 10.5 Å². The lowest BCUT2D eigenvalue weighted by Crippen LogP contribution is -2.04. The summed E-state index contributed by atoms with van der Waals surface area (Å²) >= 11 is 0. The molecule has 0 aliphatic rings. The summed E-state index contributed by atoms with van der Waals surface area (Å²) in [5, 5.41) is 12.3. The fourth-order valence-corrected chi connectivity index (χ4v) is 0.849. The fourth-order valence-electron chi connectivity index (χ4n) is 0.849. The Kier molecular flexibility index (Phi) is 2.27. The van der Waals surface area contributed by atoms with Crippen molar-refractivity contribution < 1.29 is 19.7 Å².